The molecule has 112 valence electrons. The maximum atomic E-state index is 11.7. The minimum atomic E-state index is -3.80. The van der Waals surface area contributed by atoms with E-state index in [9.17, 15) is 19.0 Å². The number of hydrogen-bond acceptors (Lipinski definition) is 8. The highest BCUT2D eigenvalue weighted by Crippen LogP contribution is 2.67. The Hall–Kier alpha value is -0.210. The molecular formula is C9H17O7PS2. The monoisotopic (exact) mass is 332 g/mol. The number of hydrogen-bond donors (Lipinski definition) is 1. The number of ether oxygens (including phenoxy) is 2. The Balaban J connectivity index is 4.71. The third kappa shape index (κ3) is 8.54. The van der Waals surface area contributed by atoms with E-state index in [1.807, 2.05) is 0 Å². The van der Waals surface area contributed by atoms with E-state index in [1.54, 1.807) is 13.8 Å². The van der Waals surface area contributed by atoms with Gasteiger partial charge in [-0.3, -0.25) is 14.2 Å². The molecule has 0 aliphatic carbocycles. The maximum absolute atomic E-state index is 11.7. The van der Waals surface area contributed by atoms with Gasteiger partial charge in [-0.15, -0.1) is 0 Å². The molecule has 2 unspecified atom stereocenters. The fourth-order valence-electron chi connectivity index (χ4n) is 1.04. The zero-order chi connectivity index (χ0) is 14.9. The van der Waals surface area contributed by atoms with Crippen LogP contribution in [0.15, 0.2) is 0 Å². The summed E-state index contributed by atoms with van der Waals surface area (Å²) in [4.78, 5) is 32.5. The first-order chi connectivity index (χ1) is 8.86. The lowest BCUT2D eigenvalue weighted by atomic mass is 10.3. The first kappa shape index (κ1) is 18.8. The minimum Gasteiger partial charge on any atom is -0.466 e. The highest BCUT2D eigenvalue weighted by molar-refractivity contribution is 8.88. The molecule has 0 rings (SSSR count). The van der Waals surface area contributed by atoms with Gasteiger partial charge in [0.25, 0.3) is 0 Å². The predicted octanol–water partition coefficient (Wildman–Crippen LogP) is 2.00. The lowest BCUT2D eigenvalue weighted by molar-refractivity contribution is -0.149. The molecule has 0 saturated heterocycles. The summed E-state index contributed by atoms with van der Waals surface area (Å²) in [6.45, 7) is 3.52. The van der Waals surface area contributed by atoms with Crippen molar-refractivity contribution < 1.29 is 32.7 Å². The minimum absolute atomic E-state index is 0.117. The molecule has 0 fully saturated rings. The Bertz CT molecular complexity index is 349. The van der Waals surface area contributed by atoms with Crippen LogP contribution < -0.4 is 0 Å². The molecule has 0 radical (unpaired) electrons. The third-order valence-corrected chi connectivity index (χ3v) is 6.75. The van der Waals surface area contributed by atoms with Crippen LogP contribution in [0.2, 0.25) is 0 Å². The van der Waals surface area contributed by atoms with Crippen molar-refractivity contribution in [2.24, 2.45) is 0 Å². The smallest absolute Gasteiger partial charge is 0.337 e. The van der Waals surface area contributed by atoms with Gasteiger partial charge in [-0.1, -0.05) is 0 Å². The van der Waals surface area contributed by atoms with E-state index >= 15 is 0 Å². The van der Waals surface area contributed by atoms with Crippen molar-refractivity contribution in [1.82, 2.24) is 0 Å². The van der Waals surface area contributed by atoms with Crippen molar-refractivity contribution in [3.63, 3.8) is 0 Å². The molecule has 0 saturated carbocycles. The number of carbonyl (C=O) groups is 2. The zero-order valence-corrected chi connectivity index (χ0v) is 13.4. The van der Waals surface area contributed by atoms with Crippen LogP contribution in [0.5, 0.6) is 0 Å². The molecule has 0 amide bonds. The highest BCUT2D eigenvalue weighted by Gasteiger charge is 2.34. The average Bonchev–Trinajstić information content (AvgIpc) is 2.28. The summed E-state index contributed by atoms with van der Waals surface area (Å²) < 4.78 is 25.6. The predicted molar refractivity (Wildman–Crippen MR) is 73.7 cm³/mol. The van der Waals surface area contributed by atoms with Gasteiger partial charge in [0.05, 0.1) is 38.4 Å². The van der Waals surface area contributed by atoms with Crippen molar-refractivity contribution in [2.45, 2.75) is 25.5 Å². The van der Waals surface area contributed by atoms with Gasteiger partial charge in [0, 0.05) is 0 Å². The number of carbonyl (C=O) groups excluding carboxylic acids is 2. The topological polar surface area (TPSA) is 99.1 Å². The van der Waals surface area contributed by atoms with Crippen LogP contribution in [0.1, 0.15) is 20.3 Å². The summed E-state index contributed by atoms with van der Waals surface area (Å²) in [7, 11) is 1.23. The maximum Gasteiger partial charge on any atom is 0.337 e. The van der Waals surface area contributed by atoms with Gasteiger partial charge in [-0.2, -0.15) is 0 Å². The standard InChI is InChI=1S/C9H17O7PS2/c1-4-15-8(10)6-7(9(11)16-5-2)18-17(12,13)19-14-3/h7H,4-6H2,1-3H3,(H,12,13). The van der Waals surface area contributed by atoms with E-state index in [-0.39, 0.29) is 19.6 Å². The van der Waals surface area contributed by atoms with Gasteiger partial charge in [-0.25, -0.2) is 0 Å². The van der Waals surface area contributed by atoms with Gasteiger partial charge in [0.1, 0.15) is 5.25 Å². The Morgan fingerprint density at radius 3 is 2.32 bits per heavy atom. The molecule has 2 atom stereocenters. The lowest BCUT2D eigenvalue weighted by Gasteiger charge is -2.16. The second kappa shape index (κ2) is 9.66. The van der Waals surface area contributed by atoms with Crippen LogP contribution in [0.4, 0.5) is 0 Å². The van der Waals surface area contributed by atoms with Gasteiger partial charge in [0.2, 0.25) is 0 Å². The van der Waals surface area contributed by atoms with Crippen LogP contribution >= 0.6 is 28.8 Å². The second-order valence-electron chi connectivity index (χ2n) is 3.07. The van der Waals surface area contributed by atoms with Crippen LogP contribution in [-0.4, -0.2) is 42.4 Å². The normalized spacial score (nSPS) is 15.4. The molecule has 10 heteroatoms. The summed E-state index contributed by atoms with van der Waals surface area (Å²) >= 11 is 0.800. The molecular weight excluding hydrogens is 315 g/mol. The van der Waals surface area contributed by atoms with E-state index < -0.39 is 23.0 Å². The number of rotatable bonds is 9. The van der Waals surface area contributed by atoms with E-state index in [1.165, 1.54) is 7.11 Å². The van der Waals surface area contributed by atoms with E-state index in [0.717, 1.165) is 0 Å². The van der Waals surface area contributed by atoms with Gasteiger partial charge < -0.3 is 18.6 Å². The van der Waals surface area contributed by atoms with E-state index in [0.29, 0.717) is 23.0 Å². The first-order valence-corrected chi connectivity index (χ1v) is 9.91. The van der Waals surface area contributed by atoms with Crippen LogP contribution in [0.3, 0.4) is 0 Å². The van der Waals surface area contributed by atoms with Crippen molar-refractivity contribution >= 4 is 40.8 Å². The van der Waals surface area contributed by atoms with E-state index in [4.69, 9.17) is 9.47 Å². The molecule has 0 spiro atoms. The zero-order valence-electron chi connectivity index (χ0n) is 10.9. The fourth-order valence-corrected chi connectivity index (χ4v) is 5.87. The molecule has 0 bridgehead atoms. The summed E-state index contributed by atoms with van der Waals surface area (Å²) in [5, 5.41) is -1.10. The van der Waals surface area contributed by atoms with Crippen molar-refractivity contribution in [3.05, 3.63) is 0 Å². The Morgan fingerprint density at radius 2 is 1.84 bits per heavy atom. The van der Waals surface area contributed by atoms with Crippen molar-refractivity contribution in [3.8, 4) is 0 Å². The summed E-state index contributed by atoms with van der Waals surface area (Å²) in [6.07, 6.45) is -0.327. The van der Waals surface area contributed by atoms with Crippen LogP contribution in [0, 0.1) is 0 Å². The lowest BCUT2D eigenvalue weighted by Crippen LogP contribution is -2.24. The van der Waals surface area contributed by atoms with E-state index in [2.05, 4.69) is 4.18 Å². The van der Waals surface area contributed by atoms with Gasteiger partial charge >= 0.3 is 17.7 Å². The summed E-state index contributed by atoms with van der Waals surface area (Å²) in [5.41, 5.74) is 0. The van der Waals surface area contributed by atoms with Crippen molar-refractivity contribution in [2.75, 3.05) is 20.3 Å². The highest BCUT2D eigenvalue weighted by atomic mass is 33.1. The first-order valence-electron chi connectivity index (χ1n) is 5.42. The van der Waals surface area contributed by atoms with Gasteiger partial charge in [-0.05, 0) is 25.2 Å². The molecule has 0 aromatic rings. The molecule has 0 aliphatic rings. The average molecular weight is 332 g/mol. The van der Waals surface area contributed by atoms with Crippen LogP contribution in [-0.2, 0) is 27.8 Å². The van der Waals surface area contributed by atoms with Gasteiger partial charge in [0.15, 0.2) is 0 Å². The Morgan fingerprint density at radius 1 is 1.26 bits per heavy atom. The summed E-state index contributed by atoms with van der Waals surface area (Å²) in [5.74, 6) is -5.16. The molecule has 19 heavy (non-hydrogen) atoms. The molecule has 7 nitrogen and oxygen atoms in total. The molecule has 0 aromatic carbocycles. The Kier molecular flexibility index (Phi) is 9.55. The summed E-state index contributed by atoms with van der Waals surface area (Å²) in [6, 6.07) is 0. The molecule has 0 aliphatic heterocycles. The fraction of sp³-hybridized carbons (Fsp3) is 0.778. The SMILES string of the molecule is CCOC(=O)CC(SP(=O)(O)SOC)C(=O)OCC. The third-order valence-electron chi connectivity index (χ3n) is 1.64. The Labute approximate surface area is 119 Å². The van der Waals surface area contributed by atoms with Crippen molar-refractivity contribution in [1.29, 1.82) is 0 Å². The van der Waals surface area contributed by atoms with Crippen LogP contribution in [0.25, 0.3) is 0 Å². The molecule has 1 N–H and O–H groups in total. The quantitative estimate of drug-likeness (QED) is 0.386. The molecule has 0 aromatic heterocycles. The largest absolute Gasteiger partial charge is 0.466 e. The second-order valence-corrected chi connectivity index (χ2v) is 10.0. The number of esters is 2. The molecule has 0 heterocycles.